The van der Waals surface area contributed by atoms with Crippen molar-refractivity contribution in [2.75, 3.05) is 31.3 Å². The van der Waals surface area contributed by atoms with Crippen molar-refractivity contribution >= 4 is 49.3 Å². The Morgan fingerprint density at radius 1 is 1.22 bits per heavy atom. The Morgan fingerprint density at radius 2 is 2.00 bits per heavy atom. The Morgan fingerprint density at radius 3 is 2.70 bits per heavy atom. The fourth-order valence-electron chi connectivity index (χ4n) is 2.98. The lowest BCUT2D eigenvalue weighted by Gasteiger charge is -2.30. The minimum Gasteiger partial charge on any atom is -0.311 e. The standard InChI is InChI=1S/C19H21BrN2O3S2/c1-21(2)27(24,25)17-8-9-18-14(11-17)5-4-10-22(18)19(23)13-26-16-7-3-6-15(20)12-16/h3,6-9,11-12H,4-5,10,13H2,1-2H3. The van der Waals surface area contributed by atoms with Crippen LogP contribution in [0.25, 0.3) is 0 Å². The lowest BCUT2D eigenvalue weighted by molar-refractivity contribution is -0.116. The van der Waals surface area contributed by atoms with Gasteiger partial charge < -0.3 is 4.90 Å². The molecule has 0 aromatic heterocycles. The number of hydrogen-bond donors (Lipinski definition) is 0. The van der Waals surface area contributed by atoms with E-state index in [4.69, 9.17) is 0 Å². The molecule has 0 atom stereocenters. The van der Waals surface area contributed by atoms with E-state index in [9.17, 15) is 13.2 Å². The molecule has 0 N–H and O–H groups in total. The summed E-state index contributed by atoms with van der Waals surface area (Å²) >= 11 is 4.94. The van der Waals surface area contributed by atoms with E-state index < -0.39 is 10.0 Å². The number of thioether (sulfide) groups is 1. The number of rotatable bonds is 5. The van der Waals surface area contributed by atoms with Crippen LogP contribution in [0.15, 0.2) is 56.7 Å². The number of sulfonamides is 1. The van der Waals surface area contributed by atoms with Crippen LogP contribution in [-0.4, -0.2) is 45.0 Å². The van der Waals surface area contributed by atoms with Crippen LogP contribution >= 0.6 is 27.7 Å². The largest absolute Gasteiger partial charge is 0.311 e. The zero-order valence-corrected chi connectivity index (χ0v) is 18.4. The van der Waals surface area contributed by atoms with E-state index in [0.717, 1.165) is 33.5 Å². The van der Waals surface area contributed by atoms with Gasteiger partial charge >= 0.3 is 0 Å². The zero-order valence-electron chi connectivity index (χ0n) is 15.2. The molecule has 144 valence electrons. The first-order valence-corrected chi connectivity index (χ1v) is 11.7. The molecule has 0 aliphatic carbocycles. The van der Waals surface area contributed by atoms with Gasteiger partial charge in [0.15, 0.2) is 0 Å². The van der Waals surface area contributed by atoms with E-state index in [1.807, 2.05) is 24.3 Å². The van der Waals surface area contributed by atoms with Gasteiger partial charge in [0.05, 0.1) is 10.6 Å². The molecule has 1 aliphatic rings. The first kappa shape index (κ1) is 20.4. The molecule has 0 unspecified atom stereocenters. The number of carbonyl (C=O) groups is 1. The highest BCUT2D eigenvalue weighted by molar-refractivity contribution is 9.10. The van der Waals surface area contributed by atoms with Crippen LogP contribution in [0.3, 0.4) is 0 Å². The van der Waals surface area contributed by atoms with Gasteiger partial charge in [-0.05, 0) is 54.8 Å². The summed E-state index contributed by atoms with van der Waals surface area (Å²) in [6.07, 6.45) is 1.60. The molecule has 0 spiro atoms. The maximum Gasteiger partial charge on any atom is 0.242 e. The van der Waals surface area contributed by atoms with Crippen molar-refractivity contribution in [1.29, 1.82) is 0 Å². The minimum absolute atomic E-state index is 0.0316. The highest BCUT2D eigenvalue weighted by atomic mass is 79.9. The first-order valence-electron chi connectivity index (χ1n) is 8.53. The summed E-state index contributed by atoms with van der Waals surface area (Å²) < 4.78 is 26.9. The summed E-state index contributed by atoms with van der Waals surface area (Å²) in [7, 11) is -0.442. The highest BCUT2D eigenvalue weighted by Gasteiger charge is 2.25. The molecule has 3 rings (SSSR count). The number of anilines is 1. The van der Waals surface area contributed by atoms with Crippen molar-refractivity contribution in [3.05, 3.63) is 52.5 Å². The summed E-state index contributed by atoms with van der Waals surface area (Å²) in [5.74, 6) is 0.373. The highest BCUT2D eigenvalue weighted by Crippen LogP contribution is 2.31. The van der Waals surface area contributed by atoms with Crippen molar-refractivity contribution in [3.63, 3.8) is 0 Å². The third-order valence-electron chi connectivity index (χ3n) is 4.41. The number of nitrogens with zero attached hydrogens (tertiary/aromatic N) is 2. The van der Waals surface area contributed by atoms with Gasteiger partial charge in [0, 0.05) is 35.7 Å². The van der Waals surface area contributed by atoms with Gasteiger partial charge in [-0.25, -0.2) is 12.7 Å². The lowest BCUT2D eigenvalue weighted by Crippen LogP contribution is -2.36. The molecule has 0 bridgehead atoms. The molecular formula is C19H21BrN2O3S2. The van der Waals surface area contributed by atoms with E-state index in [1.54, 1.807) is 23.1 Å². The molecule has 1 aliphatic heterocycles. The van der Waals surface area contributed by atoms with Gasteiger partial charge in [0.1, 0.15) is 0 Å². The summed E-state index contributed by atoms with van der Waals surface area (Å²) in [5.41, 5.74) is 1.73. The third kappa shape index (κ3) is 4.56. The first-order chi connectivity index (χ1) is 12.8. The molecule has 5 nitrogen and oxygen atoms in total. The van der Waals surface area contributed by atoms with Crippen LogP contribution in [-0.2, 0) is 21.2 Å². The molecule has 27 heavy (non-hydrogen) atoms. The van der Waals surface area contributed by atoms with Gasteiger partial charge in [-0.15, -0.1) is 11.8 Å². The number of halogens is 1. The third-order valence-corrected chi connectivity index (χ3v) is 7.69. The summed E-state index contributed by atoms with van der Waals surface area (Å²) in [6, 6.07) is 12.9. The molecular weight excluding hydrogens is 448 g/mol. The second-order valence-electron chi connectivity index (χ2n) is 6.47. The monoisotopic (exact) mass is 468 g/mol. The van der Waals surface area contributed by atoms with E-state index in [1.165, 1.54) is 30.2 Å². The predicted molar refractivity (Wildman–Crippen MR) is 113 cm³/mol. The van der Waals surface area contributed by atoms with Crippen LogP contribution in [0, 0.1) is 0 Å². The fraction of sp³-hybridized carbons (Fsp3) is 0.316. The van der Waals surface area contributed by atoms with Crippen molar-refractivity contribution in [3.8, 4) is 0 Å². The number of fused-ring (bicyclic) bond motifs is 1. The van der Waals surface area contributed by atoms with E-state index >= 15 is 0 Å². The zero-order chi connectivity index (χ0) is 19.6. The number of benzene rings is 2. The normalized spacial score (nSPS) is 14.3. The molecule has 2 aromatic rings. The van der Waals surface area contributed by atoms with Crippen LogP contribution in [0.4, 0.5) is 5.69 Å². The smallest absolute Gasteiger partial charge is 0.242 e. The molecule has 8 heteroatoms. The van der Waals surface area contributed by atoms with Gasteiger partial charge in [-0.3, -0.25) is 4.79 Å². The Hall–Kier alpha value is -1.35. The van der Waals surface area contributed by atoms with Crippen molar-refractivity contribution in [2.24, 2.45) is 0 Å². The molecule has 1 heterocycles. The van der Waals surface area contributed by atoms with E-state index in [0.29, 0.717) is 12.3 Å². The molecule has 0 fully saturated rings. The van der Waals surface area contributed by atoms with Crippen LogP contribution in [0.5, 0.6) is 0 Å². The van der Waals surface area contributed by atoms with Crippen LogP contribution in [0.1, 0.15) is 12.0 Å². The van der Waals surface area contributed by atoms with Gasteiger partial charge in [-0.1, -0.05) is 22.0 Å². The van der Waals surface area contributed by atoms with E-state index in [-0.39, 0.29) is 10.8 Å². The summed E-state index contributed by atoms with van der Waals surface area (Å²) in [4.78, 5) is 15.8. The quantitative estimate of drug-likeness (QED) is 0.626. The van der Waals surface area contributed by atoms with Crippen molar-refractivity contribution in [1.82, 2.24) is 4.31 Å². The maximum absolute atomic E-state index is 12.8. The van der Waals surface area contributed by atoms with Gasteiger partial charge in [0.25, 0.3) is 0 Å². The van der Waals surface area contributed by atoms with Crippen LogP contribution < -0.4 is 4.90 Å². The molecule has 0 saturated heterocycles. The molecule has 0 radical (unpaired) electrons. The number of aryl methyl sites for hydroxylation is 1. The van der Waals surface area contributed by atoms with E-state index in [2.05, 4.69) is 15.9 Å². The average molecular weight is 469 g/mol. The maximum atomic E-state index is 12.8. The Balaban J connectivity index is 1.78. The number of amides is 1. The second-order valence-corrected chi connectivity index (χ2v) is 10.6. The molecule has 0 saturated carbocycles. The summed E-state index contributed by atoms with van der Waals surface area (Å²) in [6.45, 7) is 0.657. The number of hydrogen-bond acceptors (Lipinski definition) is 4. The second kappa shape index (κ2) is 8.34. The van der Waals surface area contributed by atoms with Crippen LogP contribution in [0.2, 0.25) is 0 Å². The number of carbonyl (C=O) groups excluding carboxylic acids is 1. The lowest BCUT2D eigenvalue weighted by atomic mass is 10.0. The molecule has 2 aromatic carbocycles. The van der Waals surface area contributed by atoms with Gasteiger partial charge in [0.2, 0.25) is 15.9 Å². The van der Waals surface area contributed by atoms with Crippen molar-refractivity contribution < 1.29 is 13.2 Å². The minimum atomic E-state index is -3.48. The van der Waals surface area contributed by atoms with Crippen molar-refractivity contribution in [2.45, 2.75) is 22.6 Å². The molecule has 1 amide bonds. The fourth-order valence-corrected chi connectivity index (χ4v) is 5.32. The predicted octanol–water partition coefficient (Wildman–Crippen LogP) is 3.77. The van der Waals surface area contributed by atoms with Gasteiger partial charge in [-0.2, -0.15) is 0 Å². The SMILES string of the molecule is CN(C)S(=O)(=O)c1ccc2c(c1)CCCN2C(=O)CSc1cccc(Br)c1. The topological polar surface area (TPSA) is 57.7 Å². The Kier molecular flexibility index (Phi) is 6.30. The summed E-state index contributed by atoms with van der Waals surface area (Å²) in [5, 5.41) is 0. The average Bonchev–Trinajstić information content (AvgIpc) is 2.65. The Bertz CT molecular complexity index is 961. The Labute approximate surface area is 172 Å².